The summed E-state index contributed by atoms with van der Waals surface area (Å²) in [5, 5.41) is 30.6. The number of carbonyl (C=O) groups excluding carboxylic acids is 1. The zero-order valence-electron chi connectivity index (χ0n) is 35.7. The summed E-state index contributed by atoms with van der Waals surface area (Å²) in [7, 11) is 1.41. The van der Waals surface area contributed by atoms with E-state index in [2.05, 4.69) is 13.8 Å². The van der Waals surface area contributed by atoms with E-state index in [1.165, 1.54) is 70.3 Å². The van der Waals surface area contributed by atoms with E-state index in [1.807, 2.05) is 33.3 Å². The van der Waals surface area contributed by atoms with Crippen molar-refractivity contribution >= 4 is 13.8 Å². The third kappa shape index (κ3) is 37.5. The first-order valence-corrected chi connectivity index (χ1v) is 22.9. The van der Waals surface area contributed by atoms with E-state index < -0.39 is 44.8 Å². The Labute approximate surface area is 340 Å². The van der Waals surface area contributed by atoms with Crippen LogP contribution in [-0.4, -0.2) is 103 Å². The van der Waals surface area contributed by atoms with Gasteiger partial charge in [-0.1, -0.05) is 152 Å². The van der Waals surface area contributed by atoms with Gasteiger partial charge in [0.1, 0.15) is 19.8 Å². The van der Waals surface area contributed by atoms with E-state index in [-0.39, 0.29) is 32.5 Å². The number of unbranched alkanes of at least 4 members (excludes halogenated alkanes) is 14. The zero-order chi connectivity index (χ0) is 41.8. The van der Waals surface area contributed by atoms with Crippen molar-refractivity contribution in [3.63, 3.8) is 0 Å². The van der Waals surface area contributed by atoms with Crippen molar-refractivity contribution in [3.05, 3.63) is 60.9 Å². The summed E-state index contributed by atoms with van der Waals surface area (Å²) in [4.78, 5) is 22.9. The summed E-state index contributed by atoms with van der Waals surface area (Å²) in [5.41, 5.74) is 0. The van der Waals surface area contributed by atoms with Gasteiger partial charge in [0.25, 0.3) is 0 Å². The maximum atomic E-state index is 12.7. The molecule has 0 radical (unpaired) electrons. The summed E-state index contributed by atoms with van der Waals surface area (Å²) in [6.45, 7) is 4.41. The van der Waals surface area contributed by atoms with Crippen molar-refractivity contribution in [2.45, 2.75) is 167 Å². The second-order valence-electron chi connectivity index (χ2n) is 15.7. The first-order valence-electron chi connectivity index (χ1n) is 21.4. The SMILES string of the molecule is CCCCCCCCCCCCCC/C=C/OC[C@H](COP(=O)(O)OCC[N+](C)(C)C)OC(=O)CCC[C@H](O)[C@@H](O)/C=C/C=C/C=C\C=C\[C@@H](O)CCCCC. The Morgan fingerprint density at radius 1 is 0.679 bits per heavy atom. The summed E-state index contributed by atoms with van der Waals surface area (Å²) in [6, 6.07) is 0. The highest BCUT2D eigenvalue weighted by molar-refractivity contribution is 7.47. The van der Waals surface area contributed by atoms with Crippen LogP contribution in [0.4, 0.5) is 0 Å². The Hall–Kier alpha value is -2.08. The molecule has 0 heterocycles. The van der Waals surface area contributed by atoms with Crippen LogP contribution in [0.15, 0.2) is 60.9 Å². The van der Waals surface area contributed by atoms with Gasteiger partial charge in [0.05, 0.1) is 52.3 Å². The largest absolute Gasteiger partial charge is 0.498 e. The number of aliphatic hydroxyl groups excluding tert-OH is 3. The molecule has 5 atom stereocenters. The van der Waals surface area contributed by atoms with Gasteiger partial charge < -0.3 is 34.2 Å². The lowest BCUT2D eigenvalue weighted by molar-refractivity contribution is -0.870. The summed E-state index contributed by atoms with van der Waals surface area (Å²) >= 11 is 0. The topological polar surface area (TPSA) is 152 Å². The van der Waals surface area contributed by atoms with Crippen LogP contribution in [0.1, 0.15) is 142 Å². The summed E-state index contributed by atoms with van der Waals surface area (Å²) in [6.07, 6.45) is 34.3. The highest BCUT2D eigenvalue weighted by atomic mass is 31.2. The van der Waals surface area contributed by atoms with Gasteiger partial charge in [-0.15, -0.1) is 0 Å². The van der Waals surface area contributed by atoms with Crippen molar-refractivity contribution in [3.8, 4) is 0 Å². The monoisotopic (exact) mass is 815 g/mol. The Balaban J connectivity index is 4.68. The third-order valence-electron chi connectivity index (χ3n) is 9.01. The molecule has 4 N–H and O–H groups in total. The van der Waals surface area contributed by atoms with Gasteiger partial charge in [-0.25, -0.2) is 4.57 Å². The number of quaternary nitrogens is 1. The van der Waals surface area contributed by atoms with Crippen LogP contribution in [0.2, 0.25) is 0 Å². The molecule has 0 aromatic carbocycles. The zero-order valence-corrected chi connectivity index (χ0v) is 36.6. The molecule has 0 aliphatic carbocycles. The minimum absolute atomic E-state index is 0.0134. The molecule has 0 amide bonds. The van der Waals surface area contributed by atoms with Gasteiger partial charge in [0, 0.05) is 6.42 Å². The lowest BCUT2D eigenvalue weighted by Gasteiger charge is -2.24. The van der Waals surface area contributed by atoms with E-state index in [0.717, 1.165) is 44.9 Å². The second kappa shape index (κ2) is 36.0. The number of hydrogen-bond acceptors (Lipinski definition) is 9. The van der Waals surface area contributed by atoms with Crippen molar-refractivity contribution in [1.82, 2.24) is 0 Å². The number of phosphoric ester groups is 1. The molecule has 1 unspecified atom stereocenters. The molecular weight excluding hydrogens is 733 g/mol. The van der Waals surface area contributed by atoms with E-state index in [4.69, 9.17) is 18.5 Å². The van der Waals surface area contributed by atoms with Crippen LogP contribution in [0.5, 0.6) is 0 Å². The standard InChI is InChI=1S/C44H80NO10P/c1-6-8-10-11-12-13-14-15-16-17-18-21-24-28-36-52-38-41(39-54-56(50,51)53-37-35-45(3,4)5)55-44(49)34-29-33-43(48)42(47)32-27-23-20-19-22-26-31-40(46)30-25-9-7-2/h19-20,22-23,26-28,31-32,36,40-43,46-48H,6-18,21,24-25,29-30,33-35,37-39H2,1-5H3/p+1/b22-19-,23-20+,31-26+,32-27+,36-28+/t40-,41+,42-,43-/m0/s1. The molecule has 0 aromatic heterocycles. The number of aliphatic hydroxyl groups is 3. The number of esters is 1. The van der Waals surface area contributed by atoms with Crippen LogP contribution >= 0.6 is 7.82 Å². The molecule has 12 heteroatoms. The molecule has 0 aromatic rings. The maximum absolute atomic E-state index is 12.7. The van der Waals surface area contributed by atoms with E-state index in [1.54, 1.807) is 42.7 Å². The molecule has 0 aliphatic heterocycles. The third-order valence-corrected chi connectivity index (χ3v) is 10.00. The molecule has 11 nitrogen and oxygen atoms in total. The fourth-order valence-electron chi connectivity index (χ4n) is 5.49. The minimum Gasteiger partial charge on any atom is -0.498 e. The quantitative estimate of drug-likeness (QED) is 0.0119. The normalized spacial score (nSPS) is 16.0. The Morgan fingerprint density at radius 3 is 1.84 bits per heavy atom. The number of carbonyl (C=O) groups is 1. The van der Waals surface area contributed by atoms with Gasteiger partial charge in [-0.05, 0) is 38.2 Å². The lowest BCUT2D eigenvalue weighted by atomic mass is 10.0. The maximum Gasteiger partial charge on any atom is 0.472 e. The molecule has 56 heavy (non-hydrogen) atoms. The van der Waals surface area contributed by atoms with Crippen LogP contribution in [0, 0.1) is 0 Å². The molecule has 326 valence electrons. The van der Waals surface area contributed by atoms with Crippen LogP contribution in [0.25, 0.3) is 0 Å². The average molecular weight is 815 g/mol. The number of rotatable bonds is 38. The average Bonchev–Trinajstić information content (AvgIpc) is 3.13. The van der Waals surface area contributed by atoms with Crippen molar-refractivity contribution in [1.29, 1.82) is 0 Å². The van der Waals surface area contributed by atoms with E-state index >= 15 is 0 Å². The molecule has 0 saturated carbocycles. The Morgan fingerprint density at radius 2 is 1.23 bits per heavy atom. The number of phosphoric acid groups is 1. The van der Waals surface area contributed by atoms with Crippen LogP contribution in [0.3, 0.4) is 0 Å². The predicted octanol–water partition coefficient (Wildman–Crippen LogP) is 9.42. The minimum atomic E-state index is -4.39. The number of likely N-dealkylation sites (N-methyl/N-ethyl adjacent to an activating group) is 1. The highest BCUT2D eigenvalue weighted by Gasteiger charge is 2.26. The van der Waals surface area contributed by atoms with Gasteiger partial charge in [-0.3, -0.25) is 13.8 Å². The molecule has 0 saturated heterocycles. The molecular formula is C44H81NO10P+. The number of allylic oxidation sites excluding steroid dienone is 7. The van der Waals surface area contributed by atoms with Crippen molar-refractivity contribution in [2.24, 2.45) is 0 Å². The smallest absolute Gasteiger partial charge is 0.472 e. The van der Waals surface area contributed by atoms with Crippen LogP contribution in [-0.2, 0) is 27.9 Å². The molecule has 0 fully saturated rings. The Bertz CT molecular complexity index is 1130. The van der Waals surface area contributed by atoms with Crippen LogP contribution < -0.4 is 0 Å². The van der Waals surface area contributed by atoms with Gasteiger partial charge in [0.15, 0.2) is 6.10 Å². The molecule has 0 aliphatic rings. The first-order chi connectivity index (χ1) is 26.8. The fraction of sp³-hybridized carbons (Fsp3) is 0.750. The van der Waals surface area contributed by atoms with E-state index in [0.29, 0.717) is 11.0 Å². The van der Waals surface area contributed by atoms with E-state index in [9.17, 15) is 29.6 Å². The predicted molar refractivity (Wildman–Crippen MR) is 228 cm³/mol. The van der Waals surface area contributed by atoms with Crippen molar-refractivity contribution in [2.75, 3.05) is 47.5 Å². The number of hydrogen-bond donors (Lipinski definition) is 4. The highest BCUT2D eigenvalue weighted by Crippen LogP contribution is 2.43. The Kier molecular flexibility index (Phi) is 34.7. The van der Waals surface area contributed by atoms with Crippen molar-refractivity contribution < 1.29 is 52.6 Å². The molecule has 0 bridgehead atoms. The second-order valence-corrected chi connectivity index (χ2v) is 17.1. The van der Waals surface area contributed by atoms with Gasteiger partial charge in [0.2, 0.25) is 0 Å². The number of nitrogens with zero attached hydrogens (tertiary/aromatic N) is 1. The lowest BCUT2D eigenvalue weighted by Crippen LogP contribution is -2.37. The fourth-order valence-corrected chi connectivity index (χ4v) is 6.23. The molecule has 0 spiro atoms. The summed E-state index contributed by atoms with van der Waals surface area (Å²) < 4.78 is 34.4. The first kappa shape index (κ1) is 53.9. The summed E-state index contributed by atoms with van der Waals surface area (Å²) in [5.74, 6) is -0.587. The van der Waals surface area contributed by atoms with Gasteiger partial charge >= 0.3 is 13.8 Å². The van der Waals surface area contributed by atoms with Gasteiger partial charge in [-0.2, -0.15) is 0 Å². The molecule has 0 rings (SSSR count). The number of ether oxygens (including phenoxy) is 2.